The van der Waals surface area contributed by atoms with Crippen LogP contribution in [0.4, 0.5) is 0 Å². The van der Waals surface area contributed by atoms with Crippen LogP contribution in [0.25, 0.3) is 0 Å². The van der Waals surface area contributed by atoms with Crippen LogP contribution in [0.15, 0.2) is 28.7 Å². The van der Waals surface area contributed by atoms with E-state index in [1.807, 2.05) is 31.3 Å². The van der Waals surface area contributed by atoms with Crippen molar-refractivity contribution < 1.29 is 9.53 Å². The topological polar surface area (TPSA) is 41.6 Å². The highest BCUT2D eigenvalue weighted by Gasteiger charge is 2.23. The van der Waals surface area contributed by atoms with E-state index in [-0.39, 0.29) is 18.3 Å². The molecule has 0 radical (unpaired) electrons. The van der Waals surface area contributed by atoms with E-state index in [0.29, 0.717) is 31.4 Å². The first-order valence-electron chi connectivity index (χ1n) is 8.39. The maximum Gasteiger partial charge on any atom is 0.222 e. The summed E-state index contributed by atoms with van der Waals surface area (Å²) >= 11 is 3.40. The zero-order valence-corrected chi connectivity index (χ0v) is 16.9. The normalized spacial score (nSPS) is 18.4. The Hall–Kier alpha value is -0.780. The molecule has 0 aromatic heterocycles. The van der Waals surface area contributed by atoms with Crippen molar-refractivity contribution in [1.82, 2.24) is 10.2 Å². The molecule has 1 amide bonds. The van der Waals surface area contributed by atoms with E-state index in [0.717, 1.165) is 23.3 Å². The summed E-state index contributed by atoms with van der Waals surface area (Å²) in [4.78, 5) is 14.1. The minimum atomic E-state index is 0. The van der Waals surface area contributed by atoms with Crippen LogP contribution >= 0.6 is 28.3 Å². The van der Waals surface area contributed by atoms with Crippen LogP contribution in [0.3, 0.4) is 0 Å². The molecule has 0 spiro atoms. The molecule has 1 heterocycles. The van der Waals surface area contributed by atoms with E-state index < -0.39 is 0 Å². The summed E-state index contributed by atoms with van der Waals surface area (Å²) in [5, 5.41) is 3.43. The number of rotatable bonds is 7. The summed E-state index contributed by atoms with van der Waals surface area (Å²) in [6.45, 7) is 5.49. The molecule has 0 bridgehead atoms. The molecule has 1 aromatic carbocycles. The molecular formula is C18H28BrClN2O2. The number of amides is 1. The number of nitrogens with zero attached hydrogens (tertiary/aromatic N) is 1. The highest BCUT2D eigenvalue weighted by atomic mass is 79.9. The second-order valence-electron chi connectivity index (χ2n) is 6.41. The molecule has 6 heteroatoms. The summed E-state index contributed by atoms with van der Waals surface area (Å²) < 4.78 is 6.71. The highest BCUT2D eigenvalue weighted by molar-refractivity contribution is 9.10. The highest BCUT2D eigenvalue weighted by Crippen LogP contribution is 2.23. The molecule has 1 N–H and O–H groups in total. The third-order valence-corrected chi connectivity index (χ3v) is 5.10. The molecule has 1 aliphatic heterocycles. The largest absolute Gasteiger partial charge is 0.492 e. The molecule has 1 fully saturated rings. The lowest BCUT2D eigenvalue weighted by atomic mass is 9.85. The molecule has 0 saturated carbocycles. The predicted octanol–water partition coefficient (Wildman–Crippen LogP) is 3.73. The number of likely N-dealkylation sites (N-methyl/N-ethyl adjacent to an activating group) is 1. The van der Waals surface area contributed by atoms with Gasteiger partial charge in [-0.05, 0) is 62.0 Å². The predicted molar refractivity (Wildman–Crippen MR) is 104 cm³/mol. The van der Waals surface area contributed by atoms with Crippen molar-refractivity contribution in [3.63, 3.8) is 0 Å². The first-order valence-corrected chi connectivity index (χ1v) is 9.18. The van der Waals surface area contributed by atoms with Gasteiger partial charge in [0.1, 0.15) is 12.4 Å². The summed E-state index contributed by atoms with van der Waals surface area (Å²) in [5.74, 6) is 2.10. The van der Waals surface area contributed by atoms with E-state index in [2.05, 4.69) is 28.2 Å². The summed E-state index contributed by atoms with van der Waals surface area (Å²) in [6.07, 6.45) is 3.08. The fraction of sp³-hybridized carbons (Fsp3) is 0.611. The molecule has 0 aliphatic carbocycles. The number of hydrogen-bond donors (Lipinski definition) is 1. The van der Waals surface area contributed by atoms with Crippen LogP contribution in [0.1, 0.15) is 26.2 Å². The van der Waals surface area contributed by atoms with Gasteiger partial charge in [-0.2, -0.15) is 0 Å². The molecule has 4 nitrogen and oxygen atoms in total. The lowest BCUT2D eigenvalue weighted by Crippen LogP contribution is -2.37. The quantitative estimate of drug-likeness (QED) is 0.732. The van der Waals surface area contributed by atoms with Crippen molar-refractivity contribution >= 4 is 34.2 Å². The third kappa shape index (κ3) is 6.99. The Balaban J connectivity index is 0.00000288. The Morgan fingerprint density at radius 1 is 1.42 bits per heavy atom. The fourth-order valence-electron chi connectivity index (χ4n) is 2.92. The third-order valence-electron chi connectivity index (χ3n) is 4.57. The number of piperidine rings is 1. The molecule has 1 saturated heterocycles. The number of ether oxygens (including phenoxy) is 1. The second kappa shape index (κ2) is 11.0. The number of hydrogen-bond acceptors (Lipinski definition) is 3. The summed E-state index contributed by atoms with van der Waals surface area (Å²) in [6, 6.07) is 7.74. The van der Waals surface area contributed by atoms with Crippen LogP contribution in [-0.2, 0) is 4.79 Å². The van der Waals surface area contributed by atoms with E-state index >= 15 is 0 Å². The Morgan fingerprint density at radius 2 is 2.12 bits per heavy atom. The van der Waals surface area contributed by atoms with Gasteiger partial charge in [0.05, 0.1) is 6.54 Å². The Labute approximate surface area is 159 Å². The maximum atomic E-state index is 12.3. The standard InChI is InChI=1S/C18H27BrN2O2.ClH/c1-14(15-4-3-9-20-13-15)12-18(22)21(2)10-11-23-17-7-5-16(19)6-8-17;/h5-8,14-15,20H,3-4,9-13H2,1-2H3;1H. The number of benzene rings is 1. The molecule has 2 unspecified atom stereocenters. The van der Waals surface area contributed by atoms with Crippen LogP contribution < -0.4 is 10.1 Å². The van der Waals surface area contributed by atoms with Crippen LogP contribution in [0, 0.1) is 11.8 Å². The molecule has 136 valence electrons. The number of carbonyl (C=O) groups is 1. The van der Waals surface area contributed by atoms with Gasteiger partial charge < -0.3 is 15.0 Å². The summed E-state index contributed by atoms with van der Waals surface area (Å²) in [7, 11) is 1.86. The average molecular weight is 420 g/mol. The van der Waals surface area contributed by atoms with Gasteiger partial charge in [0, 0.05) is 17.9 Å². The van der Waals surface area contributed by atoms with E-state index in [1.54, 1.807) is 4.90 Å². The van der Waals surface area contributed by atoms with Gasteiger partial charge >= 0.3 is 0 Å². The lowest BCUT2D eigenvalue weighted by Gasteiger charge is -2.29. The number of nitrogens with one attached hydrogen (secondary N) is 1. The molecule has 2 rings (SSSR count). The molecular weight excluding hydrogens is 392 g/mol. The smallest absolute Gasteiger partial charge is 0.222 e. The van der Waals surface area contributed by atoms with Crippen LogP contribution in [0.2, 0.25) is 0 Å². The zero-order chi connectivity index (χ0) is 16.7. The second-order valence-corrected chi connectivity index (χ2v) is 7.32. The fourth-order valence-corrected chi connectivity index (χ4v) is 3.18. The number of carbonyl (C=O) groups excluding carboxylic acids is 1. The monoisotopic (exact) mass is 418 g/mol. The van der Waals surface area contributed by atoms with E-state index in [1.165, 1.54) is 12.8 Å². The van der Waals surface area contributed by atoms with Gasteiger partial charge in [0.25, 0.3) is 0 Å². The Bertz CT molecular complexity index is 492. The van der Waals surface area contributed by atoms with Gasteiger partial charge in [-0.15, -0.1) is 12.4 Å². The SMILES string of the molecule is CC(CC(=O)N(C)CCOc1ccc(Br)cc1)C1CCCNC1.Cl. The first kappa shape index (κ1) is 21.3. The molecule has 2 atom stereocenters. The lowest BCUT2D eigenvalue weighted by molar-refractivity contribution is -0.131. The van der Waals surface area contributed by atoms with Gasteiger partial charge in [-0.3, -0.25) is 4.79 Å². The van der Waals surface area contributed by atoms with Gasteiger partial charge in [-0.25, -0.2) is 0 Å². The van der Waals surface area contributed by atoms with Gasteiger partial charge in [-0.1, -0.05) is 22.9 Å². The van der Waals surface area contributed by atoms with Crippen molar-refractivity contribution in [2.45, 2.75) is 26.2 Å². The molecule has 1 aromatic rings. The summed E-state index contributed by atoms with van der Waals surface area (Å²) in [5.41, 5.74) is 0. The Morgan fingerprint density at radius 3 is 2.75 bits per heavy atom. The van der Waals surface area contributed by atoms with Crippen LogP contribution in [-0.4, -0.2) is 44.1 Å². The van der Waals surface area contributed by atoms with Gasteiger partial charge in [0.15, 0.2) is 0 Å². The minimum Gasteiger partial charge on any atom is -0.492 e. The van der Waals surface area contributed by atoms with Crippen molar-refractivity contribution in [2.24, 2.45) is 11.8 Å². The van der Waals surface area contributed by atoms with Crippen molar-refractivity contribution in [3.8, 4) is 5.75 Å². The van der Waals surface area contributed by atoms with E-state index in [9.17, 15) is 4.79 Å². The van der Waals surface area contributed by atoms with E-state index in [4.69, 9.17) is 4.74 Å². The van der Waals surface area contributed by atoms with Crippen molar-refractivity contribution in [3.05, 3.63) is 28.7 Å². The Kier molecular flexibility index (Phi) is 9.71. The van der Waals surface area contributed by atoms with Crippen molar-refractivity contribution in [1.29, 1.82) is 0 Å². The zero-order valence-electron chi connectivity index (χ0n) is 14.5. The first-order chi connectivity index (χ1) is 11.1. The molecule has 24 heavy (non-hydrogen) atoms. The number of halogens is 2. The maximum absolute atomic E-state index is 12.3. The van der Waals surface area contributed by atoms with Gasteiger partial charge in [0.2, 0.25) is 5.91 Å². The van der Waals surface area contributed by atoms with Crippen molar-refractivity contribution in [2.75, 3.05) is 33.3 Å². The molecule has 1 aliphatic rings. The van der Waals surface area contributed by atoms with Crippen LogP contribution in [0.5, 0.6) is 5.75 Å². The minimum absolute atomic E-state index is 0. The average Bonchev–Trinajstić information content (AvgIpc) is 2.57.